The second-order valence-electron chi connectivity index (χ2n) is 4.57. The molecule has 2 nitrogen and oxygen atoms in total. The molecule has 1 aromatic rings. The predicted octanol–water partition coefficient (Wildman–Crippen LogP) is 3.29. The third-order valence-electron chi connectivity index (χ3n) is 2.86. The maximum absolute atomic E-state index is 5.86. The van der Waals surface area contributed by atoms with Gasteiger partial charge in [0.2, 0.25) is 0 Å². The van der Waals surface area contributed by atoms with E-state index in [9.17, 15) is 0 Å². The highest BCUT2D eigenvalue weighted by Gasteiger charge is 2.00. The molecular formula is C14H23ClN2. The number of hydrogen-bond donors (Lipinski definition) is 1. The van der Waals surface area contributed by atoms with Crippen molar-refractivity contribution < 1.29 is 0 Å². The summed E-state index contributed by atoms with van der Waals surface area (Å²) < 4.78 is 0. The molecular weight excluding hydrogens is 232 g/mol. The summed E-state index contributed by atoms with van der Waals surface area (Å²) in [5, 5.41) is 0.804. The van der Waals surface area contributed by atoms with Crippen molar-refractivity contribution in [1.29, 1.82) is 0 Å². The van der Waals surface area contributed by atoms with Gasteiger partial charge >= 0.3 is 0 Å². The Labute approximate surface area is 110 Å². The van der Waals surface area contributed by atoms with Crippen LogP contribution in [0, 0.1) is 0 Å². The summed E-state index contributed by atoms with van der Waals surface area (Å²) in [4.78, 5) is 2.35. The molecule has 0 atom stereocenters. The van der Waals surface area contributed by atoms with Crippen LogP contribution in [0.1, 0.15) is 31.2 Å². The van der Waals surface area contributed by atoms with E-state index >= 15 is 0 Å². The molecule has 0 unspecified atom stereocenters. The molecule has 0 bridgehead atoms. The van der Waals surface area contributed by atoms with Crippen LogP contribution in [0.15, 0.2) is 24.3 Å². The molecule has 0 aliphatic rings. The quantitative estimate of drug-likeness (QED) is 0.722. The van der Waals surface area contributed by atoms with E-state index < -0.39 is 0 Å². The Hall–Kier alpha value is -0.570. The van der Waals surface area contributed by atoms with Gasteiger partial charge in [-0.25, -0.2) is 0 Å². The number of nitrogens with two attached hydrogens (primary N) is 1. The highest BCUT2D eigenvalue weighted by molar-refractivity contribution is 6.30. The van der Waals surface area contributed by atoms with Crippen molar-refractivity contribution in [3.05, 3.63) is 34.9 Å². The van der Waals surface area contributed by atoms with Crippen LogP contribution in [-0.2, 0) is 6.54 Å². The Morgan fingerprint density at radius 3 is 2.35 bits per heavy atom. The summed E-state index contributed by atoms with van der Waals surface area (Å²) in [7, 11) is 2.16. The summed E-state index contributed by atoms with van der Waals surface area (Å²) in [6.45, 7) is 2.96. The smallest absolute Gasteiger partial charge is 0.0406 e. The van der Waals surface area contributed by atoms with Gasteiger partial charge in [0, 0.05) is 11.6 Å². The van der Waals surface area contributed by atoms with Crippen molar-refractivity contribution in [3.8, 4) is 0 Å². The number of rotatable bonds is 8. The lowest BCUT2D eigenvalue weighted by Gasteiger charge is -2.16. The zero-order valence-electron chi connectivity index (χ0n) is 10.7. The molecule has 0 heterocycles. The molecule has 0 spiro atoms. The van der Waals surface area contributed by atoms with Gasteiger partial charge in [-0.05, 0) is 50.7 Å². The predicted molar refractivity (Wildman–Crippen MR) is 75.3 cm³/mol. The van der Waals surface area contributed by atoms with E-state index in [0.29, 0.717) is 0 Å². The fourth-order valence-electron chi connectivity index (χ4n) is 1.86. The Morgan fingerprint density at radius 1 is 1.06 bits per heavy atom. The first-order valence-corrected chi connectivity index (χ1v) is 6.73. The average molecular weight is 255 g/mol. The van der Waals surface area contributed by atoms with Gasteiger partial charge < -0.3 is 10.6 Å². The third kappa shape index (κ3) is 6.67. The molecule has 1 aromatic carbocycles. The van der Waals surface area contributed by atoms with Crippen molar-refractivity contribution in [2.75, 3.05) is 20.1 Å². The summed E-state index contributed by atoms with van der Waals surface area (Å²) in [6, 6.07) is 8.08. The lowest BCUT2D eigenvalue weighted by molar-refractivity contribution is 0.317. The molecule has 2 N–H and O–H groups in total. The molecule has 0 aromatic heterocycles. The summed E-state index contributed by atoms with van der Waals surface area (Å²) >= 11 is 5.86. The van der Waals surface area contributed by atoms with Crippen LogP contribution in [0.4, 0.5) is 0 Å². The Kier molecular flexibility index (Phi) is 7.25. The molecule has 0 aliphatic carbocycles. The highest BCUT2D eigenvalue weighted by atomic mass is 35.5. The first-order valence-electron chi connectivity index (χ1n) is 6.35. The third-order valence-corrected chi connectivity index (χ3v) is 3.11. The van der Waals surface area contributed by atoms with Gasteiger partial charge in [0.25, 0.3) is 0 Å². The molecule has 0 saturated carbocycles. The van der Waals surface area contributed by atoms with Gasteiger partial charge in [-0.15, -0.1) is 0 Å². The maximum atomic E-state index is 5.86. The monoisotopic (exact) mass is 254 g/mol. The first kappa shape index (κ1) is 14.5. The molecule has 0 amide bonds. The average Bonchev–Trinajstić information content (AvgIpc) is 2.32. The van der Waals surface area contributed by atoms with E-state index in [-0.39, 0.29) is 0 Å². The fraction of sp³-hybridized carbons (Fsp3) is 0.571. The fourth-order valence-corrected chi connectivity index (χ4v) is 1.99. The van der Waals surface area contributed by atoms with Gasteiger partial charge in [-0.2, -0.15) is 0 Å². The molecule has 0 radical (unpaired) electrons. The van der Waals surface area contributed by atoms with E-state index in [1.165, 1.54) is 24.8 Å². The van der Waals surface area contributed by atoms with Crippen LogP contribution < -0.4 is 5.73 Å². The molecule has 96 valence electrons. The zero-order valence-corrected chi connectivity index (χ0v) is 11.4. The number of hydrogen-bond acceptors (Lipinski definition) is 2. The van der Waals surface area contributed by atoms with Crippen LogP contribution >= 0.6 is 11.6 Å². The van der Waals surface area contributed by atoms with Gasteiger partial charge in [-0.3, -0.25) is 0 Å². The number of benzene rings is 1. The second-order valence-corrected chi connectivity index (χ2v) is 5.00. The van der Waals surface area contributed by atoms with Crippen molar-refractivity contribution in [2.45, 2.75) is 32.2 Å². The van der Waals surface area contributed by atoms with E-state index in [1.807, 2.05) is 12.1 Å². The first-order chi connectivity index (χ1) is 8.22. The summed E-state index contributed by atoms with van der Waals surface area (Å²) in [5.41, 5.74) is 6.78. The number of halogens is 1. The van der Waals surface area contributed by atoms with Crippen LogP contribution in [0.5, 0.6) is 0 Å². The minimum atomic E-state index is 0.804. The minimum Gasteiger partial charge on any atom is -0.330 e. The second kappa shape index (κ2) is 8.51. The van der Waals surface area contributed by atoms with E-state index in [0.717, 1.165) is 31.1 Å². The summed E-state index contributed by atoms with van der Waals surface area (Å²) in [5.74, 6) is 0. The molecule has 0 aliphatic heterocycles. The Morgan fingerprint density at radius 2 is 1.71 bits per heavy atom. The van der Waals surface area contributed by atoms with Crippen LogP contribution in [0.2, 0.25) is 5.02 Å². The van der Waals surface area contributed by atoms with E-state index in [1.54, 1.807) is 0 Å². The number of nitrogens with zero attached hydrogens (tertiary/aromatic N) is 1. The lowest BCUT2D eigenvalue weighted by atomic mass is 10.1. The van der Waals surface area contributed by atoms with Crippen molar-refractivity contribution in [3.63, 3.8) is 0 Å². The summed E-state index contributed by atoms with van der Waals surface area (Å²) in [6.07, 6.45) is 4.94. The standard InChI is InChI=1S/C14H23ClN2/c1-17(11-5-3-2-4-10-16)12-13-6-8-14(15)9-7-13/h6-9H,2-5,10-12,16H2,1H3. The Bertz CT molecular complexity index is 298. The van der Waals surface area contributed by atoms with Gasteiger partial charge in [0.15, 0.2) is 0 Å². The lowest BCUT2D eigenvalue weighted by Crippen LogP contribution is -2.19. The Balaban J connectivity index is 2.16. The largest absolute Gasteiger partial charge is 0.330 e. The van der Waals surface area contributed by atoms with Crippen molar-refractivity contribution in [1.82, 2.24) is 4.90 Å². The van der Waals surface area contributed by atoms with Crippen LogP contribution in [0.3, 0.4) is 0 Å². The van der Waals surface area contributed by atoms with Gasteiger partial charge in [0.05, 0.1) is 0 Å². The van der Waals surface area contributed by atoms with Crippen LogP contribution in [0.25, 0.3) is 0 Å². The van der Waals surface area contributed by atoms with E-state index in [4.69, 9.17) is 17.3 Å². The molecule has 3 heteroatoms. The molecule has 0 saturated heterocycles. The maximum Gasteiger partial charge on any atom is 0.0406 e. The zero-order chi connectivity index (χ0) is 12.5. The van der Waals surface area contributed by atoms with Gasteiger partial charge in [-0.1, -0.05) is 36.6 Å². The van der Waals surface area contributed by atoms with Crippen molar-refractivity contribution >= 4 is 11.6 Å². The topological polar surface area (TPSA) is 29.3 Å². The number of unbranched alkanes of at least 4 members (excludes halogenated alkanes) is 3. The molecule has 1 rings (SSSR count). The highest BCUT2D eigenvalue weighted by Crippen LogP contribution is 2.11. The normalized spacial score (nSPS) is 11.1. The SMILES string of the molecule is CN(CCCCCCN)Cc1ccc(Cl)cc1. The molecule has 0 fully saturated rings. The minimum absolute atomic E-state index is 0.804. The molecule has 17 heavy (non-hydrogen) atoms. The van der Waals surface area contributed by atoms with Gasteiger partial charge in [0.1, 0.15) is 0 Å². The van der Waals surface area contributed by atoms with Crippen molar-refractivity contribution in [2.24, 2.45) is 5.73 Å². The van der Waals surface area contributed by atoms with Crippen LogP contribution in [-0.4, -0.2) is 25.0 Å². The van der Waals surface area contributed by atoms with E-state index in [2.05, 4.69) is 24.1 Å².